The average Bonchev–Trinajstić information content (AvgIpc) is 4.02. The third kappa shape index (κ3) is 7.93. The second-order valence-corrected chi connectivity index (χ2v) is 19.1. The Morgan fingerprint density at radius 2 is 0.539 bits per heavy atom. The molecular formula is C70H48N6. The first-order valence-corrected chi connectivity index (χ1v) is 25.7. The van der Waals surface area contributed by atoms with Crippen molar-refractivity contribution in [2.24, 2.45) is 0 Å². The lowest BCUT2D eigenvalue weighted by Crippen LogP contribution is -2.12. The number of pyridine rings is 2. The van der Waals surface area contributed by atoms with Crippen LogP contribution in [0.15, 0.2) is 291 Å². The highest BCUT2D eigenvalue weighted by molar-refractivity contribution is 6.10. The van der Waals surface area contributed by atoms with Gasteiger partial charge < -0.3 is 9.80 Å². The molecule has 14 aromatic rings. The zero-order valence-electron chi connectivity index (χ0n) is 41.4. The maximum atomic E-state index is 4.84. The SMILES string of the molecule is c1ccc(-c2ccc(N(c3ccc(-c4ccc5c(c4)c4cccnc4n5-c4ccccc4)cc3)c3ccc(N(c4ccccc4)c4ccc(-c5ccc6c(c5)c5cccnc5n6-c5ccccc5)cc4)cc3)cc2)cc1. The van der Waals surface area contributed by atoms with Gasteiger partial charge in [0.05, 0.1) is 11.0 Å². The van der Waals surface area contributed by atoms with Crippen molar-refractivity contribution in [2.45, 2.75) is 0 Å². The zero-order valence-corrected chi connectivity index (χ0v) is 41.4. The molecule has 0 bridgehead atoms. The molecule has 0 aliphatic carbocycles. The largest absolute Gasteiger partial charge is 0.311 e. The summed E-state index contributed by atoms with van der Waals surface area (Å²) in [5, 5.41) is 4.62. The molecule has 0 N–H and O–H groups in total. The molecule has 0 saturated carbocycles. The van der Waals surface area contributed by atoms with Gasteiger partial charge in [-0.1, -0.05) is 133 Å². The molecule has 0 aliphatic heterocycles. The summed E-state index contributed by atoms with van der Waals surface area (Å²) >= 11 is 0. The molecular weight excluding hydrogens is 925 g/mol. The molecule has 6 heteroatoms. The Balaban J connectivity index is 0.809. The molecule has 4 aromatic heterocycles. The Morgan fingerprint density at radius 3 is 0.934 bits per heavy atom. The minimum Gasteiger partial charge on any atom is -0.311 e. The first kappa shape index (κ1) is 44.4. The molecule has 0 atom stereocenters. The number of anilines is 6. The third-order valence-electron chi connectivity index (χ3n) is 14.6. The van der Waals surface area contributed by atoms with Crippen LogP contribution in [0.4, 0.5) is 34.1 Å². The molecule has 6 nitrogen and oxygen atoms in total. The summed E-state index contributed by atoms with van der Waals surface area (Å²) in [6, 6.07) is 99.7. The van der Waals surface area contributed by atoms with Crippen molar-refractivity contribution in [3.05, 3.63) is 291 Å². The molecule has 10 aromatic carbocycles. The van der Waals surface area contributed by atoms with Gasteiger partial charge in [-0.3, -0.25) is 9.13 Å². The Bertz CT molecular complexity index is 4340. The van der Waals surface area contributed by atoms with Crippen LogP contribution in [0.25, 0.3) is 88.6 Å². The summed E-state index contributed by atoms with van der Waals surface area (Å²) in [5.74, 6) is 0. The van der Waals surface area contributed by atoms with E-state index in [2.05, 4.69) is 286 Å². The fraction of sp³-hybridized carbons (Fsp3) is 0. The highest BCUT2D eigenvalue weighted by Gasteiger charge is 2.20. The first-order chi connectivity index (χ1) is 37.7. The molecule has 0 amide bonds. The fourth-order valence-corrected chi connectivity index (χ4v) is 11.0. The number of hydrogen-bond donors (Lipinski definition) is 0. The Kier molecular flexibility index (Phi) is 11.1. The van der Waals surface area contributed by atoms with Gasteiger partial charge in [0.2, 0.25) is 0 Å². The minimum absolute atomic E-state index is 0.952. The van der Waals surface area contributed by atoms with E-state index in [1.165, 1.54) is 21.9 Å². The average molecular weight is 973 g/mol. The van der Waals surface area contributed by atoms with Gasteiger partial charge >= 0.3 is 0 Å². The number of hydrogen-bond acceptors (Lipinski definition) is 4. The van der Waals surface area contributed by atoms with Crippen LogP contribution in [0, 0.1) is 0 Å². The molecule has 0 aliphatic rings. The smallest absolute Gasteiger partial charge is 0.145 e. The Morgan fingerprint density at radius 1 is 0.237 bits per heavy atom. The van der Waals surface area contributed by atoms with Crippen LogP contribution in [-0.2, 0) is 0 Å². The van der Waals surface area contributed by atoms with E-state index in [1.807, 2.05) is 24.5 Å². The number of rotatable bonds is 11. The second-order valence-electron chi connectivity index (χ2n) is 19.1. The number of aromatic nitrogens is 4. The normalized spacial score (nSPS) is 11.4. The van der Waals surface area contributed by atoms with Crippen molar-refractivity contribution in [1.82, 2.24) is 19.1 Å². The summed E-state index contributed by atoms with van der Waals surface area (Å²) in [6.07, 6.45) is 3.75. The molecule has 0 radical (unpaired) electrons. The Labute approximate surface area is 440 Å². The molecule has 358 valence electrons. The van der Waals surface area contributed by atoms with Crippen molar-refractivity contribution in [3.63, 3.8) is 0 Å². The standard InChI is InChI=1S/C70H48N6/c1-5-15-49(16-6-1)50-25-33-59(34-26-50)74(60-37-29-52(30-38-60)54-32-44-68-66(48-54)64-24-14-46-72-70(64)76(68)57-21-11-4-12-22-57)62-41-39-61(40-42-62)73(55-17-7-2-8-18-55)58-35-27-51(28-36-58)53-31-43-67-65(47-53)63-23-13-45-71-69(63)75(67)56-19-9-3-10-20-56/h1-48H. The van der Waals surface area contributed by atoms with Crippen LogP contribution in [0.5, 0.6) is 0 Å². The topological polar surface area (TPSA) is 42.1 Å². The third-order valence-corrected chi connectivity index (χ3v) is 14.6. The van der Waals surface area contributed by atoms with Crippen molar-refractivity contribution in [3.8, 4) is 44.8 Å². The van der Waals surface area contributed by atoms with E-state index in [-0.39, 0.29) is 0 Å². The van der Waals surface area contributed by atoms with Crippen molar-refractivity contribution in [2.75, 3.05) is 9.80 Å². The summed E-state index contributed by atoms with van der Waals surface area (Å²) in [5.41, 5.74) is 19.7. The highest BCUT2D eigenvalue weighted by atomic mass is 15.2. The maximum Gasteiger partial charge on any atom is 0.145 e. The lowest BCUT2D eigenvalue weighted by atomic mass is 10.0. The van der Waals surface area contributed by atoms with Crippen molar-refractivity contribution >= 4 is 78.0 Å². The molecule has 0 saturated heterocycles. The minimum atomic E-state index is 0.952. The van der Waals surface area contributed by atoms with Crippen molar-refractivity contribution in [1.29, 1.82) is 0 Å². The molecule has 4 heterocycles. The maximum absolute atomic E-state index is 4.84. The van der Waals surface area contributed by atoms with E-state index in [1.54, 1.807) is 0 Å². The fourth-order valence-electron chi connectivity index (χ4n) is 11.0. The van der Waals surface area contributed by atoms with E-state index in [4.69, 9.17) is 9.97 Å². The molecule has 76 heavy (non-hydrogen) atoms. The Hall–Kier alpha value is -10.3. The van der Waals surface area contributed by atoms with Crippen LogP contribution >= 0.6 is 0 Å². The van der Waals surface area contributed by atoms with Crippen LogP contribution in [0.1, 0.15) is 0 Å². The highest BCUT2D eigenvalue weighted by Crippen LogP contribution is 2.42. The summed E-state index contributed by atoms with van der Waals surface area (Å²) in [6.45, 7) is 0. The predicted octanol–water partition coefficient (Wildman–Crippen LogP) is 18.6. The summed E-state index contributed by atoms with van der Waals surface area (Å²) in [4.78, 5) is 14.3. The van der Waals surface area contributed by atoms with Crippen LogP contribution in [-0.4, -0.2) is 19.1 Å². The van der Waals surface area contributed by atoms with Gasteiger partial charge in [0.15, 0.2) is 0 Å². The zero-order chi connectivity index (χ0) is 50.4. The van der Waals surface area contributed by atoms with Crippen molar-refractivity contribution < 1.29 is 0 Å². The monoisotopic (exact) mass is 972 g/mol. The van der Waals surface area contributed by atoms with Gasteiger partial charge in [-0.15, -0.1) is 0 Å². The summed E-state index contributed by atoms with van der Waals surface area (Å²) < 4.78 is 4.51. The van der Waals surface area contributed by atoms with Gasteiger partial charge in [-0.25, -0.2) is 9.97 Å². The molecule has 0 fully saturated rings. The quantitative estimate of drug-likeness (QED) is 0.130. The second kappa shape index (κ2) is 19.0. The molecule has 0 spiro atoms. The van der Waals surface area contributed by atoms with Crippen LogP contribution in [0.2, 0.25) is 0 Å². The van der Waals surface area contributed by atoms with Gasteiger partial charge in [-0.05, 0) is 179 Å². The van der Waals surface area contributed by atoms with E-state index >= 15 is 0 Å². The van der Waals surface area contributed by atoms with Crippen LogP contribution < -0.4 is 9.80 Å². The summed E-state index contributed by atoms with van der Waals surface area (Å²) in [7, 11) is 0. The first-order valence-electron chi connectivity index (χ1n) is 25.7. The number of fused-ring (bicyclic) bond motifs is 6. The van der Waals surface area contributed by atoms with Gasteiger partial charge in [0.1, 0.15) is 11.3 Å². The van der Waals surface area contributed by atoms with E-state index in [0.29, 0.717) is 0 Å². The van der Waals surface area contributed by atoms with E-state index < -0.39 is 0 Å². The lowest BCUT2D eigenvalue weighted by molar-refractivity contribution is 1.14. The van der Waals surface area contributed by atoms with Crippen LogP contribution in [0.3, 0.4) is 0 Å². The van der Waals surface area contributed by atoms with E-state index in [9.17, 15) is 0 Å². The van der Waals surface area contributed by atoms with Gasteiger partial charge in [-0.2, -0.15) is 0 Å². The lowest BCUT2D eigenvalue weighted by Gasteiger charge is -2.28. The molecule has 0 unspecified atom stereocenters. The van der Waals surface area contributed by atoms with E-state index in [0.717, 1.165) is 101 Å². The molecule has 14 rings (SSSR count). The number of nitrogens with zero attached hydrogens (tertiary/aromatic N) is 6. The predicted molar refractivity (Wildman–Crippen MR) is 316 cm³/mol. The van der Waals surface area contributed by atoms with Gasteiger partial charge in [0, 0.05) is 79.4 Å². The number of benzene rings is 10. The van der Waals surface area contributed by atoms with Gasteiger partial charge in [0.25, 0.3) is 0 Å². The number of para-hydroxylation sites is 3.